The van der Waals surface area contributed by atoms with Crippen LogP contribution in [0, 0.1) is 12.8 Å². The van der Waals surface area contributed by atoms with Crippen LogP contribution in [0.5, 0.6) is 5.75 Å². The van der Waals surface area contributed by atoms with Gasteiger partial charge in [-0.05, 0) is 62.0 Å². The fourth-order valence-corrected chi connectivity index (χ4v) is 3.71. The van der Waals surface area contributed by atoms with E-state index in [1.165, 1.54) is 11.0 Å². The Balaban J connectivity index is 2.07. The van der Waals surface area contributed by atoms with Gasteiger partial charge in [-0.2, -0.15) is 8.78 Å². The van der Waals surface area contributed by atoms with E-state index in [-0.39, 0.29) is 23.5 Å². The number of benzene rings is 1. The zero-order valence-electron chi connectivity index (χ0n) is 14.3. The summed E-state index contributed by atoms with van der Waals surface area (Å²) in [4.78, 5) is 19.0. The molecular weight excluding hydrogens is 330 g/mol. The number of amides is 1. The fraction of sp³-hybridized carbons (Fsp3) is 0.529. The Bertz CT molecular complexity index is 704. The third kappa shape index (κ3) is 2.95. The van der Waals surface area contributed by atoms with Gasteiger partial charge in [0.05, 0.1) is 0 Å². The predicted octanol–water partition coefficient (Wildman–Crippen LogP) is 1.58. The van der Waals surface area contributed by atoms with Crippen molar-refractivity contribution >= 4 is 11.9 Å². The molecule has 2 aliphatic heterocycles. The molecule has 1 amide bonds. The normalized spacial score (nSPS) is 24.8. The van der Waals surface area contributed by atoms with Gasteiger partial charge in [0.25, 0.3) is 5.91 Å². The number of likely N-dealkylation sites (N-methyl/N-ethyl adjacent to an activating group) is 1. The van der Waals surface area contributed by atoms with Crippen LogP contribution in [0.25, 0.3) is 0 Å². The number of hydrogen-bond donors (Lipinski definition) is 2. The Hall–Kier alpha value is -2.22. The largest absolute Gasteiger partial charge is 0.435 e. The van der Waals surface area contributed by atoms with Gasteiger partial charge in [0.1, 0.15) is 5.75 Å². The van der Waals surface area contributed by atoms with Crippen molar-refractivity contribution in [1.82, 2.24) is 10.2 Å². The minimum Gasteiger partial charge on any atom is -0.435 e. The second-order valence-corrected chi connectivity index (χ2v) is 6.48. The number of rotatable bonds is 4. The van der Waals surface area contributed by atoms with Crippen molar-refractivity contribution < 1.29 is 18.3 Å². The van der Waals surface area contributed by atoms with E-state index in [1.54, 1.807) is 26.1 Å². The first-order chi connectivity index (χ1) is 11.9. The van der Waals surface area contributed by atoms with E-state index in [0.29, 0.717) is 11.1 Å². The Kier molecular flexibility index (Phi) is 4.64. The number of aliphatic imine (C=N–C) groups is 1. The molecule has 1 fully saturated rings. The SMILES string of the molecule is Cc1cc(C2(C3CCNCC3)N=C(N)N(C)C2=O)ccc1OC(F)F. The maximum atomic E-state index is 13.1. The molecule has 6 nitrogen and oxygen atoms in total. The van der Waals surface area contributed by atoms with Gasteiger partial charge in [0.2, 0.25) is 0 Å². The molecule has 2 heterocycles. The average Bonchev–Trinajstić information content (AvgIpc) is 2.82. The van der Waals surface area contributed by atoms with Crippen molar-refractivity contribution in [3.8, 4) is 5.75 Å². The monoisotopic (exact) mass is 352 g/mol. The molecule has 0 aliphatic carbocycles. The maximum Gasteiger partial charge on any atom is 0.387 e. The molecule has 0 spiro atoms. The zero-order valence-corrected chi connectivity index (χ0v) is 14.3. The summed E-state index contributed by atoms with van der Waals surface area (Å²) in [6.45, 7) is 0.373. The molecule has 0 aromatic heterocycles. The molecule has 0 radical (unpaired) electrons. The van der Waals surface area contributed by atoms with E-state index in [1.807, 2.05) is 0 Å². The molecule has 1 aromatic rings. The van der Waals surface area contributed by atoms with E-state index in [2.05, 4.69) is 15.0 Å². The number of ether oxygens (including phenoxy) is 1. The van der Waals surface area contributed by atoms with Gasteiger partial charge >= 0.3 is 6.61 Å². The third-order valence-corrected chi connectivity index (χ3v) is 5.03. The summed E-state index contributed by atoms with van der Waals surface area (Å²) >= 11 is 0. The first-order valence-corrected chi connectivity index (χ1v) is 8.26. The molecule has 3 rings (SSSR count). The summed E-state index contributed by atoms with van der Waals surface area (Å²) in [7, 11) is 1.60. The zero-order chi connectivity index (χ0) is 18.2. The molecule has 3 N–H and O–H groups in total. The topological polar surface area (TPSA) is 80.0 Å². The molecule has 0 saturated carbocycles. The lowest BCUT2D eigenvalue weighted by Gasteiger charge is -2.36. The summed E-state index contributed by atoms with van der Waals surface area (Å²) in [6, 6.07) is 4.81. The molecule has 0 bridgehead atoms. The fourth-order valence-electron chi connectivity index (χ4n) is 3.71. The minimum absolute atomic E-state index is 0.00832. The maximum absolute atomic E-state index is 13.1. The van der Waals surface area contributed by atoms with E-state index in [0.717, 1.165) is 25.9 Å². The molecule has 1 aromatic carbocycles. The highest BCUT2D eigenvalue weighted by Crippen LogP contribution is 2.44. The quantitative estimate of drug-likeness (QED) is 0.862. The smallest absolute Gasteiger partial charge is 0.387 e. The number of guanidine groups is 1. The van der Waals surface area contributed by atoms with Crippen LogP contribution in [0.4, 0.5) is 8.78 Å². The van der Waals surface area contributed by atoms with Gasteiger partial charge in [-0.25, -0.2) is 4.99 Å². The lowest BCUT2D eigenvalue weighted by Crippen LogP contribution is -2.48. The number of nitrogens with two attached hydrogens (primary N) is 1. The number of carbonyl (C=O) groups is 1. The number of halogens is 2. The van der Waals surface area contributed by atoms with Crippen LogP contribution in [0.1, 0.15) is 24.0 Å². The number of alkyl halides is 2. The predicted molar refractivity (Wildman–Crippen MR) is 89.5 cm³/mol. The molecule has 136 valence electrons. The summed E-state index contributed by atoms with van der Waals surface area (Å²) in [5.41, 5.74) is 6.03. The highest BCUT2D eigenvalue weighted by molar-refractivity contribution is 6.07. The Morgan fingerprint density at radius 1 is 1.40 bits per heavy atom. The minimum atomic E-state index is -2.89. The number of hydrogen-bond acceptors (Lipinski definition) is 5. The van der Waals surface area contributed by atoms with E-state index in [9.17, 15) is 13.6 Å². The number of nitrogens with one attached hydrogen (secondary N) is 1. The molecule has 1 saturated heterocycles. The molecule has 25 heavy (non-hydrogen) atoms. The summed E-state index contributed by atoms with van der Waals surface area (Å²) in [5, 5.41) is 3.28. The van der Waals surface area contributed by atoms with E-state index >= 15 is 0 Å². The number of nitrogens with zero attached hydrogens (tertiary/aromatic N) is 2. The van der Waals surface area contributed by atoms with E-state index < -0.39 is 12.2 Å². The van der Waals surface area contributed by atoms with Crippen LogP contribution >= 0.6 is 0 Å². The standard InChI is InChI=1S/C17H22F2N4O2/c1-10-9-12(3-4-13(10)25-15(18)19)17(11-5-7-21-8-6-11)14(24)23(2)16(20)22-17/h3-4,9,11,15,21H,5-8H2,1-2H3,(H2,20,22). The van der Waals surface area contributed by atoms with Crippen LogP contribution < -0.4 is 15.8 Å². The second-order valence-electron chi connectivity index (χ2n) is 6.48. The van der Waals surface area contributed by atoms with Crippen molar-refractivity contribution in [3.05, 3.63) is 29.3 Å². The molecule has 1 unspecified atom stereocenters. The molecule has 1 atom stereocenters. The first kappa shape index (κ1) is 17.6. The lowest BCUT2D eigenvalue weighted by atomic mass is 9.73. The van der Waals surface area contributed by atoms with Crippen LogP contribution in [0.15, 0.2) is 23.2 Å². The van der Waals surface area contributed by atoms with Gasteiger partial charge in [-0.1, -0.05) is 6.07 Å². The van der Waals surface area contributed by atoms with Crippen LogP contribution in [0.2, 0.25) is 0 Å². The van der Waals surface area contributed by atoms with Crippen molar-refractivity contribution in [2.75, 3.05) is 20.1 Å². The van der Waals surface area contributed by atoms with Crippen molar-refractivity contribution in [3.63, 3.8) is 0 Å². The van der Waals surface area contributed by atoms with Gasteiger partial charge < -0.3 is 15.8 Å². The summed E-state index contributed by atoms with van der Waals surface area (Å²) in [6.07, 6.45) is 1.56. The molecule has 8 heteroatoms. The van der Waals surface area contributed by atoms with Gasteiger partial charge in [-0.15, -0.1) is 0 Å². The number of aryl methyl sites for hydroxylation is 1. The highest BCUT2D eigenvalue weighted by atomic mass is 19.3. The van der Waals surface area contributed by atoms with Gasteiger partial charge in [-0.3, -0.25) is 9.69 Å². The Morgan fingerprint density at radius 3 is 2.60 bits per heavy atom. The van der Waals surface area contributed by atoms with Crippen LogP contribution in [-0.2, 0) is 10.3 Å². The van der Waals surface area contributed by atoms with Crippen LogP contribution in [-0.4, -0.2) is 43.5 Å². The Morgan fingerprint density at radius 2 is 2.08 bits per heavy atom. The van der Waals surface area contributed by atoms with E-state index in [4.69, 9.17) is 5.73 Å². The van der Waals surface area contributed by atoms with Gasteiger partial charge in [0, 0.05) is 7.05 Å². The van der Waals surface area contributed by atoms with Crippen molar-refractivity contribution in [1.29, 1.82) is 0 Å². The number of carbonyl (C=O) groups excluding carboxylic acids is 1. The second kappa shape index (κ2) is 6.59. The van der Waals surface area contributed by atoms with Gasteiger partial charge in [0.15, 0.2) is 11.5 Å². The molecule has 2 aliphatic rings. The lowest BCUT2D eigenvalue weighted by molar-refractivity contribution is -0.133. The van der Waals surface area contributed by atoms with Crippen LogP contribution in [0.3, 0.4) is 0 Å². The first-order valence-electron chi connectivity index (χ1n) is 8.26. The highest BCUT2D eigenvalue weighted by Gasteiger charge is 2.53. The third-order valence-electron chi connectivity index (χ3n) is 5.03. The molecular formula is C17H22F2N4O2. The number of piperidine rings is 1. The Labute approximate surface area is 145 Å². The van der Waals surface area contributed by atoms with Crippen molar-refractivity contribution in [2.45, 2.75) is 31.9 Å². The average molecular weight is 352 g/mol. The summed E-state index contributed by atoms with van der Waals surface area (Å²) in [5.74, 6) is 0.0777. The summed E-state index contributed by atoms with van der Waals surface area (Å²) < 4.78 is 29.5. The van der Waals surface area contributed by atoms with Crippen molar-refractivity contribution in [2.24, 2.45) is 16.6 Å².